The first-order chi connectivity index (χ1) is 9.69. The summed E-state index contributed by atoms with van der Waals surface area (Å²) < 4.78 is 4.88. The van der Waals surface area contributed by atoms with E-state index in [0.717, 1.165) is 26.2 Å². The summed E-state index contributed by atoms with van der Waals surface area (Å²) >= 11 is 1.43. The Bertz CT molecular complexity index is 491. The molecule has 0 bridgehead atoms. The van der Waals surface area contributed by atoms with E-state index in [2.05, 4.69) is 4.98 Å². The maximum absolute atomic E-state index is 12.2. The molecule has 0 radical (unpaired) electrons. The number of nitrogens with zero attached hydrogens (tertiary/aromatic N) is 3. The van der Waals surface area contributed by atoms with Crippen molar-refractivity contribution < 1.29 is 14.3 Å². The van der Waals surface area contributed by atoms with Crippen LogP contribution < -0.4 is 0 Å². The van der Waals surface area contributed by atoms with Gasteiger partial charge in [-0.15, -0.1) is 11.3 Å². The summed E-state index contributed by atoms with van der Waals surface area (Å²) in [4.78, 5) is 31.8. The van der Waals surface area contributed by atoms with Gasteiger partial charge < -0.3 is 14.5 Å². The summed E-state index contributed by atoms with van der Waals surface area (Å²) in [6.07, 6.45) is 0. The summed E-state index contributed by atoms with van der Waals surface area (Å²) in [6.45, 7) is 3.04. The highest BCUT2D eigenvalue weighted by atomic mass is 32.1. The molecule has 0 aromatic carbocycles. The molecule has 3 rings (SSSR count). The van der Waals surface area contributed by atoms with E-state index in [1.54, 1.807) is 10.9 Å². The lowest BCUT2D eigenvalue weighted by atomic mass is 10.0. The molecule has 3 heterocycles. The van der Waals surface area contributed by atoms with Gasteiger partial charge in [0, 0.05) is 50.5 Å². The lowest BCUT2D eigenvalue weighted by Gasteiger charge is -2.21. The van der Waals surface area contributed by atoms with Gasteiger partial charge in [-0.05, 0) is 0 Å². The summed E-state index contributed by atoms with van der Waals surface area (Å²) in [5, 5.41) is 1.78. The third-order valence-electron chi connectivity index (χ3n) is 4.05. The van der Waals surface area contributed by atoms with Crippen LogP contribution in [0.1, 0.15) is 10.5 Å². The molecule has 1 aromatic rings. The van der Waals surface area contributed by atoms with E-state index < -0.39 is 0 Å². The minimum Gasteiger partial charge on any atom is -0.375 e. The van der Waals surface area contributed by atoms with Gasteiger partial charge in [0.25, 0.3) is 5.91 Å². The Kier molecular flexibility index (Phi) is 3.71. The van der Waals surface area contributed by atoms with Crippen molar-refractivity contribution in [3.63, 3.8) is 0 Å². The molecule has 2 amide bonds. The zero-order valence-corrected chi connectivity index (χ0v) is 12.1. The summed E-state index contributed by atoms with van der Waals surface area (Å²) in [5.41, 5.74) is 2.21. The van der Waals surface area contributed by atoms with Crippen molar-refractivity contribution in [2.75, 3.05) is 39.9 Å². The van der Waals surface area contributed by atoms with E-state index in [4.69, 9.17) is 4.74 Å². The average Bonchev–Trinajstić information content (AvgIpc) is 3.13. The number of hydrogen-bond donors (Lipinski definition) is 0. The number of ether oxygens (including phenoxy) is 1. The number of carbonyl (C=O) groups is 2. The van der Waals surface area contributed by atoms with Crippen molar-refractivity contribution in [1.29, 1.82) is 0 Å². The lowest BCUT2D eigenvalue weighted by Crippen LogP contribution is -2.37. The molecular weight excluding hydrogens is 278 g/mol. The van der Waals surface area contributed by atoms with Gasteiger partial charge >= 0.3 is 0 Å². The molecule has 6 nitrogen and oxygen atoms in total. The number of hydrogen-bond acceptors (Lipinski definition) is 5. The number of amides is 2. The van der Waals surface area contributed by atoms with E-state index in [0.29, 0.717) is 17.5 Å². The minimum atomic E-state index is 0.00965. The number of carbonyl (C=O) groups excluding carboxylic acids is 2. The topological polar surface area (TPSA) is 62.7 Å². The SMILES string of the molecule is COCC(=O)N1C[C@@H]2CN(C(=O)c3cscn3)C[C@H]2C1. The second-order valence-electron chi connectivity index (χ2n) is 5.34. The Morgan fingerprint density at radius 3 is 2.50 bits per heavy atom. The minimum absolute atomic E-state index is 0.00965. The molecule has 2 aliphatic heterocycles. The Morgan fingerprint density at radius 1 is 1.30 bits per heavy atom. The van der Waals surface area contributed by atoms with E-state index in [1.807, 2.05) is 9.80 Å². The molecule has 2 aliphatic rings. The highest BCUT2D eigenvalue weighted by molar-refractivity contribution is 7.07. The van der Waals surface area contributed by atoms with E-state index >= 15 is 0 Å². The van der Waals surface area contributed by atoms with Crippen LogP contribution in [0.25, 0.3) is 0 Å². The molecule has 0 aliphatic carbocycles. The maximum Gasteiger partial charge on any atom is 0.273 e. The summed E-state index contributed by atoms with van der Waals surface area (Å²) in [5.74, 6) is 0.825. The van der Waals surface area contributed by atoms with Crippen LogP contribution in [0, 0.1) is 11.8 Å². The molecular formula is C13H17N3O3S. The molecule has 1 aromatic heterocycles. The fraction of sp³-hybridized carbons (Fsp3) is 0.615. The van der Waals surface area contributed by atoms with Gasteiger partial charge in [0.15, 0.2) is 0 Å². The van der Waals surface area contributed by atoms with E-state index in [-0.39, 0.29) is 18.4 Å². The number of aromatic nitrogens is 1. The molecule has 0 unspecified atom stereocenters. The van der Waals surface area contributed by atoms with Crippen LogP contribution in [0.5, 0.6) is 0 Å². The molecule has 2 atom stereocenters. The number of likely N-dealkylation sites (tertiary alicyclic amines) is 2. The quantitative estimate of drug-likeness (QED) is 0.805. The fourth-order valence-corrected chi connectivity index (χ4v) is 3.58. The van der Waals surface area contributed by atoms with Gasteiger partial charge in [-0.1, -0.05) is 0 Å². The maximum atomic E-state index is 12.2. The van der Waals surface area contributed by atoms with Crippen molar-refractivity contribution in [2.24, 2.45) is 11.8 Å². The van der Waals surface area contributed by atoms with E-state index in [1.165, 1.54) is 18.4 Å². The van der Waals surface area contributed by atoms with Crippen LogP contribution in [0.2, 0.25) is 0 Å². The second-order valence-corrected chi connectivity index (χ2v) is 6.05. The van der Waals surface area contributed by atoms with Gasteiger partial charge in [-0.25, -0.2) is 4.98 Å². The number of fused-ring (bicyclic) bond motifs is 1. The molecule has 0 saturated carbocycles. The Hall–Kier alpha value is -1.47. The molecule has 0 spiro atoms. The summed E-state index contributed by atoms with van der Waals surface area (Å²) in [6, 6.07) is 0. The number of thiazole rings is 1. The molecule has 2 fully saturated rings. The van der Waals surface area contributed by atoms with Crippen molar-refractivity contribution in [3.8, 4) is 0 Å². The van der Waals surface area contributed by atoms with Crippen LogP contribution in [0.4, 0.5) is 0 Å². The molecule has 20 heavy (non-hydrogen) atoms. The van der Waals surface area contributed by atoms with Crippen molar-refractivity contribution in [2.45, 2.75) is 0 Å². The Balaban J connectivity index is 1.58. The largest absolute Gasteiger partial charge is 0.375 e. The third-order valence-corrected chi connectivity index (χ3v) is 4.63. The number of methoxy groups -OCH3 is 1. The van der Waals surface area contributed by atoms with Crippen LogP contribution in [-0.2, 0) is 9.53 Å². The fourth-order valence-electron chi connectivity index (χ4n) is 3.06. The van der Waals surface area contributed by atoms with Crippen molar-refractivity contribution in [3.05, 3.63) is 16.6 Å². The normalized spacial score (nSPS) is 25.1. The van der Waals surface area contributed by atoms with Crippen LogP contribution in [-0.4, -0.2) is 66.5 Å². The average molecular weight is 295 g/mol. The van der Waals surface area contributed by atoms with Crippen molar-refractivity contribution >= 4 is 23.2 Å². The van der Waals surface area contributed by atoms with Crippen LogP contribution >= 0.6 is 11.3 Å². The second kappa shape index (κ2) is 5.49. The van der Waals surface area contributed by atoms with Gasteiger partial charge in [-0.2, -0.15) is 0 Å². The molecule has 2 saturated heterocycles. The third kappa shape index (κ3) is 2.43. The first-order valence-electron chi connectivity index (χ1n) is 6.63. The molecule has 0 N–H and O–H groups in total. The highest BCUT2D eigenvalue weighted by Crippen LogP contribution is 2.31. The van der Waals surface area contributed by atoms with Crippen LogP contribution in [0.15, 0.2) is 10.9 Å². The van der Waals surface area contributed by atoms with Gasteiger partial charge in [0.2, 0.25) is 5.91 Å². The monoisotopic (exact) mass is 295 g/mol. The Morgan fingerprint density at radius 2 is 1.95 bits per heavy atom. The smallest absolute Gasteiger partial charge is 0.273 e. The van der Waals surface area contributed by atoms with Gasteiger partial charge in [0.1, 0.15) is 12.3 Å². The lowest BCUT2D eigenvalue weighted by molar-refractivity contribution is -0.134. The first kappa shape index (κ1) is 13.5. The predicted octanol–water partition coefficient (Wildman–Crippen LogP) is 0.320. The van der Waals surface area contributed by atoms with Gasteiger partial charge in [-0.3, -0.25) is 9.59 Å². The zero-order valence-electron chi connectivity index (χ0n) is 11.3. The van der Waals surface area contributed by atoms with Crippen molar-refractivity contribution in [1.82, 2.24) is 14.8 Å². The molecule has 108 valence electrons. The van der Waals surface area contributed by atoms with Crippen LogP contribution in [0.3, 0.4) is 0 Å². The first-order valence-corrected chi connectivity index (χ1v) is 7.57. The summed E-state index contributed by atoms with van der Waals surface area (Å²) in [7, 11) is 1.53. The standard InChI is InChI=1S/C13H17N3O3S/c1-19-6-12(17)15-2-9-4-16(5-10(9)3-15)13(18)11-7-20-8-14-11/h7-10H,2-6H2,1H3/t9-,10-/m1/s1. The molecule has 7 heteroatoms. The zero-order chi connectivity index (χ0) is 14.1. The Labute approximate surface area is 121 Å². The van der Waals surface area contributed by atoms with Gasteiger partial charge in [0.05, 0.1) is 5.51 Å². The number of rotatable bonds is 3. The predicted molar refractivity (Wildman–Crippen MR) is 73.5 cm³/mol. The highest BCUT2D eigenvalue weighted by Gasteiger charge is 2.43. The van der Waals surface area contributed by atoms with E-state index in [9.17, 15) is 9.59 Å².